The summed E-state index contributed by atoms with van der Waals surface area (Å²) in [5.74, 6) is 0.741. The summed E-state index contributed by atoms with van der Waals surface area (Å²) in [5, 5.41) is 15.8. The zero-order valence-electron chi connectivity index (χ0n) is 27.7. The average molecular weight is 703 g/mol. The van der Waals surface area contributed by atoms with E-state index in [9.17, 15) is 14.3 Å². The molecule has 7 rings (SSSR count). The monoisotopic (exact) mass is 701 g/mol. The number of ketones is 1. The third kappa shape index (κ3) is 8.87. The van der Waals surface area contributed by atoms with Crippen LogP contribution in [0.15, 0.2) is 96.0 Å². The van der Waals surface area contributed by atoms with Gasteiger partial charge in [0.25, 0.3) is 0 Å². The second kappa shape index (κ2) is 15.8. The topological polar surface area (TPSA) is 71.4 Å². The van der Waals surface area contributed by atoms with Crippen molar-refractivity contribution in [2.75, 3.05) is 58.2 Å². The highest BCUT2D eigenvalue weighted by Crippen LogP contribution is 2.37. The predicted molar refractivity (Wildman–Crippen MR) is 197 cm³/mol. The Morgan fingerprint density at radius 3 is 2.24 bits per heavy atom. The number of piperidine rings is 1. The van der Waals surface area contributed by atoms with Crippen molar-refractivity contribution >= 4 is 51.9 Å². The Labute approximate surface area is 298 Å². The zero-order chi connectivity index (χ0) is 34.4. The third-order valence-electron chi connectivity index (χ3n) is 9.54. The van der Waals surface area contributed by atoms with Crippen LogP contribution in [0.5, 0.6) is 0 Å². The van der Waals surface area contributed by atoms with Crippen LogP contribution in [-0.2, 0) is 5.60 Å². The van der Waals surface area contributed by atoms with Gasteiger partial charge in [-0.2, -0.15) is 0 Å². The van der Waals surface area contributed by atoms with Crippen LogP contribution in [0.4, 0.5) is 21.5 Å². The SMILES string of the molecule is CN1CCN(C2=Nc3cc(Cl)ccc3Nc3ccccc32)CC1.O=C(CCCN1CCC(O)(c2ccc(Cl)cc2)CC1)c1ccc(F)cc1. The van der Waals surface area contributed by atoms with Crippen LogP contribution in [0.1, 0.15) is 47.2 Å². The van der Waals surface area contributed by atoms with E-state index in [1.165, 1.54) is 24.3 Å². The molecular weight excluding hydrogens is 660 g/mol. The molecule has 0 spiro atoms. The number of fused-ring (bicyclic) bond motifs is 2. The first kappa shape index (κ1) is 35.1. The van der Waals surface area contributed by atoms with Crippen LogP contribution in [0.25, 0.3) is 0 Å². The number of para-hydroxylation sites is 1. The molecule has 256 valence electrons. The van der Waals surface area contributed by atoms with E-state index in [2.05, 4.69) is 45.3 Å². The highest BCUT2D eigenvalue weighted by molar-refractivity contribution is 6.31. The number of Topliss-reactive ketones (excluding diaryl/α,β-unsaturated/α-hetero) is 1. The highest BCUT2D eigenvalue weighted by atomic mass is 35.5. The number of piperazine rings is 1. The summed E-state index contributed by atoms with van der Waals surface area (Å²) in [6.45, 7) is 6.49. The molecule has 0 radical (unpaired) electrons. The number of carbonyl (C=O) groups excluding carboxylic acids is 1. The largest absolute Gasteiger partial charge is 0.385 e. The number of likely N-dealkylation sites (tertiary alicyclic amines) is 1. The van der Waals surface area contributed by atoms with E-state index < -0.39 is 5.60 Å². The molecule has 7 nitrogen and oxygen atoms in total. The number of aliphatic hydroxyl groups is 1. The van der Waals surface area contributed by atoms with Gasteiger partial charge in [0.15, 0.2) is 5.78 Å². The van der Waals surface area contributed by atoms with E-state index in [0.717, 1.165) is 86.3 Å². The summed E-state index contributed by atoms with van der Waals surface area (Å²) < 4.78 is 12.9. The molecule has 4 aromatic rings. The Kier molecular flexibility index (Phi) is 11.3. The molecule has 0 unspecified atom stereocenters. The Bertz CT molecular complexity index is 1770. The summed E-state index contributed by atoms with van der Waals surface area (Å²) in [4.78, 5) is 24.1. The number of hydrogen-bond donors (Lipinski definition) is 2. The molecule has 0 saturated carbocycles. The molecule has 3 aliphatic heterocycles. The van der Waals surface area contributed by atoms with Gasteiger partial charge in [-0.3, -0.25) is 4.79 Å². The molecule has 0 aromatic heterocycles. The van der Waals surface area contributed by atoms with Crippen molar-refractivity contribution < 1.29 is 14.3 Å². The van der Waals surface area contributed by atoms with Gasteiger partial charge in [-0.1, -0.05) is 47.5 Å². The molecule has 0 aliphatic carbocycles. The number of nitrogens with one attached hydrogen (secondary N) is 1. The van der Waals surface area contributed by atoms with Crippen molar-refractivity contribution in [3.8, 4) is 0 Å². The summed E-state index contributed by atoms with van der Waals surface area (Å²) in [6, 6.07) is 27.2. The van der Waals surface area contributed by atoms with E-state index in [4.69, 9.17) is 28.2 Å². The maximum Gasteiger partial charge on any atom is 0.162 e. The second-order valence-corrected chi connectivity index (χ2v) is 13.8. The fourth-order valence-electron chi connectivity index (χ4n) is 6.51. The van der Waals surface area contributed by atoms with Crippen molar-refractivity contribution in [1.82, 2.24) is 14.7 Å². The lowest BCUT2D eigenvalue weighted by atomic mass is 9.84. The number of rotatable bonds is 6. The molecule has 0 bridgehead atoms. The fourth-order valence-corrected chi connectivity index (χ4v) is 6.80. The molecule has 4 aromatic carbocycles. The smallest absolute Gasteiger partial charge is 0.162 e. The van der Waals surface area contributed by atoms with E-state index in [-0.39, 0.29) is 11.6 Å². The van der Waals surface area contributed by atoms with Gasteiger partial charge in [0.1, 0.15) is 11.7 Å². The lowest BCUT2D eigenvalue weighted by Gasteiger charge is -2.38. The average Bonchev–Trinajstić information content (AvgIpc) is 3.27. The summed E-state index contributed by atoms with van der Waals surface area (Å²) in [6.07, 6.45) is 2.54. The molecular formula is C39H42Cl2FN5O2. The lowest BCUT2D eigenvalue weighted by Crippen LogP contribution is -2.47. The maximum atomic E-state index is 12.9. The van der Waals surface area contributed by atoms with E-state index in [1.54, 1.807) is 0 Å². The van der Waals surface area contributed by atoms with Gasteiger partial charge in [-0.05, 0) is 105 Å². The number of nitrogens with zero attached hydrogens (tertiary/aromatic N) is 4. The minimum atomic E-state index is -0.801. The third-order valence-corrected chi connectivity index (χ3v) is 10.0. The van der Waals surface area contributed by atoms with Gasteiger partial charge < -0.3 is 25.1 Å². The zero-order valence-corrected chi connectivity index (χ0v) is 29.2. The van der Waals surface area contributed by atoms with Crippen molar-refractivity contribution in [3.05, 3.63) is 124 Å². The van der Waals surface area contributed by atoms with Gasteiger partial charge in [0, 0.05) is 72.5 Å². The fraction of sp³-hybridized carbons (Fsp3) is 0.333. The lowest BCUT2D eigenvalue weighted by molar-refractivity contribution is -0.0260. The van der Waals surface area contributed by atoms with Crippen molar-refractivity contribution in [2.24, 2.45) is 4.99 Å². The number of benzene rings is 4. The Balaban J connectivity index is 0.000000171. The van der Waals surface area contributed by atoms with Gasteiger partial charge in [0.2, 0.25) is 0 Å². The summed E-state index contributed by atoms with van der Waals surface area (Å²) in [5.41, 5.74) is 4.78. The number of carbonyl (C=O) groups is 1. The first-order valence-corrected chi connectivity index (χ1v) is 17.6. The van der Waals surface area contributed by atoms with Crippen LogP contribution in [-0.4, -0.2) is 84.3 Å². The number of likely N-dealkylation sites (N-methyl/N-ethyl adjacent to an activating group) is 1. The number of halogens is 3. The normalized spacial score (nSPS) is 17.4. The summed E-state index contributed by atoms with van der Waals surface area (Å²) >= 11 is 12.1. The Morgan fingerprint density at radius 2 is 1.53 bits per heavy atom. The van der Waals surface area contributed by atoms with Crippen LogP contribution >= 0.6 is 23.2 Å². The first-order valence-electron chi connectivity index (χ1n) is 16.8. The predicted octanol–water partition coefficient (Wildman–Crippen LogP) is 8.15. The molecule has 3 heterocycles. The van der Waals surface area contributed by atoms with E-state index >= 15 is 0 Å². The van der Waals surface area contributed by atoms with Crippen molar-refractivity contribution in [3.63, 3.8) is 0 Å². The molecule has 0 atom stereocenters. The quantitative estimate of drug-likeness (QED) is 0.198. The molecule has 2 fully saturated rings. The van der Waals surface area contributed by atoms with E-state index in [0.29, 0.717) is 34.9 Å². The Hall–Kier alpha value is -3.79. The Morgan fingerprint density at radius 1 is 0.857 bits per heavy atom. The van der Waals surface area contributed by atoms with Crippen LogP contribution < -0.4 is 5.32 Å². The number of anilines is 2. The van der Waals surface area contributed by atoms with Gasteiger partial charge in [-0.15, -0.1) is 0 Å². The molecule has 2 saturated heterocycles. The van der Waals surface area contributed by atoms with Crippen LogP contribution in [0.2, 0.25) is 10.0 Å². The molecule has 2 N–H and O–H groups in total. The number of hydrogen-bond acceptors (Lipinski definition) is 7. The maximum absolute atomic E-state index is 12.9. The van der Waals surface area contributed by atoms with Crippen LogP contribution in [0, 0.1) is 5.82 Å². The molecule has 0 amide bonds. The number of aliphatic imine (C=N–C) groups is 1. The second-order valence-electron chi connectivity index (χ2n) is 13.0. The molecule has 3 aliphatic rings. The van der Waals surface area contributed by atoms with Crippen molar-refractivity contribution in [2.45, 2.75) is 31.3 Å². The highest BCUT2D eigenvalue weighted by Gasteiger charge is 2.33. The van der Waals surface area contributed by atoms with Gasteiger partial charge in [0.05, 0.1) is 17.0 Å². The first-order chi connectivity index (χ1) is 23.7. The minimum absolute atomic E-state index is 0.0414. The standard InChI is InChI=1S/C21H23ClFNO2.C18H19ClN4/c22-18-7-5-17(6-8-18)21(26)11-14-24(15-12-21)13-1-2-20(25)16-3-9-19(23)10-4-16;1-22-8-10-23(11-9-22)18-14-4-2-3-5-15(14)20-16-7-6-13(19)12-17(16)21-18/h3-10,26H,1-2,11-15H2;2-7,12,20H,8-11H2,1H3. The van der Waals surface area contributed by atoms with Crippen LogP contribution in [0.3, 0.4) is 0 Å². The van der Waals surface area contributed by atoms with E-state index in [1.807, 2.05) is 48.5 Å². The summed E-state index contributed by atoms with van der Waals surface area (Å²) in [7, 11) is 2.16. The minimum Gasteiger partial charge on any atom is -0.385 e. The molecule has 10 heteroatoms. The number of amidine groups is 1. The van der Waals surface area contributed by atoms with Gasteiger partial charge >= 0.3 is 0 Å². The van der Waals surface area contributed by atoms with Crippen molar-refractivity contribution in [1.29, 1.82) is 0 Å². The van der Waals surface area contributed by atoms with Gasteiger partial charge in [-0.25, -0.2) is 9.38 Å². The molecule has 49 heavy (non-hydrogen) atoms.